The predicted molar refractivity (Wildman–Crippen MR) is 71.2 cm³/mol. The Morgan fingerprint density at radius 2 is 1.95 bits per heavy atom. The molecule has 0 amide bonds. The maximum Gasteiger partial charge on any atom is 0.416 e. The molecule has 1 fully saturated rings. The third-order valence-electron chi connectivity index (χ3n) is 4.15. The summed E-state index contributed by atoms with van der Waals surface area (Å²) in [6, 6.07) is 4.15. The van der Waals surface area contributed by atoms with Gasteiger partial charge in [0.25, 0.3) is 0 Å². The lowest BCUT2D eigenvalue weighted by atomic mass is 9.87. The molecule has 0 aromatic heterocycles. The summed E-state index contributed by atoms with van der Waals surface area (Å²) in [7, 11) is 0. The fourth-order valence-electron chi connectivity index (χ4n) is 2.74. The highest BCUT2D eigenvalue weighted by Gasteiger charge is 2.35. The lowest BCUT2D eigenvalue weighted by molar-refractivity contribution is -0.137. The molecule has 2 rings (SSSR count). The van der Waals surface area contributed by atoms with Crippen LogP contribution in [0.5, 0.6) is 0 Å². The lowest BCUT2D eigenvalue weighted by Gasteiger charge is -2.29. The van der Waals surface area contributed by atoms with Crippen molar-refractivity contribution in [1.29, 1.82) is 0 Å². The largest absolute Gasteiger partial charge is 0.416 e. The van der Waals surface area contributed by atoms with Crippen molar-refractivity contribution < 1.29 is 13.2 Å². The van der Waals surface area contributed by atoms with E-state index < -0.39 is 11.7 Å². The molecule has 0 heterocycles. The molecular formula is C15H20F3N. The molecule has 1 aliphatic carbocycles. The molecule has 0 spiro atoms. The smallest absolute Gasteiger partial charge is 0.382 e. The van der Waals surface area contributed by atoms with E-state index in [0.717, 1.165) is 30.9 Å². The summed E-state index contributed by atoms with van der Waals surface area (Å²) in [4.78, 5) is 0. The fraction of sp³-hybridized carbons (Fsp3) is 0.600. The Hall–Kier alpha value is -1.19. The molecule has 19 heavy (non-hydrogen) atoms. The number of anilines is 1. The molecule has 0 aliphatic heterocycles. The molecule has 1 aromatic carbocycles. The number of halogens is 3. The summed E-state index contributed by atoms with van der Waals surface area (Å²) in [5.74, 6) is 0. The Morgan fingerprint density at radius 3 is 2.47 bits per heavy atom. The number of aryl methyl sites for hydroxylation is 1. The van der Waals surface area contributed by atoms with Crippen LogP contribution in [0, 0.1) is 12.3 Å². The van der Waals surface area contributed by atoms with Crippen LogP contribution in [0.15, 0.2) is 18.2 Å². The molecule has 0 radical (unpaired) electrons. The molecule has 1 aromatic rings. The van der Waals surface area contributed by atoms with Gasteiger partial charge < -0.3 is 5.32 Å². The van der Waals surface area contributed by atoms with Gasteiger partial charge in [-0.15, -0.1) is 0 Å². The predicted octanol–water partition coefficient (Wildman–Crippen LogP) is 5.00. The Morgan fingerprint density at radius 1 is 1.26 bits per heavy atom. The maximum atomic E-state index is 12.7. The normalized spacial score (nSPS) is 22.5. The molecule has 1 nitrogen and oxygen atoms in total. The van der Waals surface area contributed by atoms with E-state index in [-0.39, 0.29) is 11.5 Å². The van der Waals surface area contributed by atoms with E-state index in [2.05, 4.69) is 19.2 Å². The highest BCUT2D eigenvalue weighted by molar-refractivity contribution is 5.54. The van der Waals surface area contributed by atoms with E-state index in [1.54, 1.807) is 0 Å². The van der Waals surface area contributed by atoms with Crippen molar-refractivity contribution in [2.45, 2.75) is 52.3 Å². The minimum absolute atomic E-state index is 0.140. The van der Waals surface area contributed by atoms with E-state index in [1.165, 1.54) is 12.1 Å². The maximum absolute atomic E-state index is 12.7. The average molecular weight is 271 g/mol. The lowest BCUT2D eigenvalue weighted by Crippen LogP contribution is -2.31. The number of benzene rings is 1. The van der Waals surface area contributed by atoms with Crippen LogP contribution in [-0.2, 0) is 6.18 Å². The van der Waals surface area contributed by atoms with Gasteiger partial charge in [-0.25, -0.2) is 0 Å². The fourth-order valence-corrected chi connectivity index (χ4v) is 2.74. The zero-order valence-corrected chi connectivity index (χ0v) is 11.6. The topological polar surface area (TPSA) is 12.0 Å². The van der Waals surface area contributed by atoms with Gasteiger partial charge >= 0.3 is 6.18 Å². The van der Waals surface area contributed by atoms with Gasteiger partial charge in [-0.1, -0.05) is 26.3 Å². The quantitative estimate of drug-likeness (QED) is 0.797. The van der Waals surface area contributed by atoms with E-state index in [9.17, 15) is 13.2 Å². The molecule has 1 aliphatic rings. The van der Waals surface area contributed by atoms with Crippen molar-refractivity contribution >= 4 is 5.69 Å². The minimum atomic E-state index is -4.28. The average Bonchev–Trinajstić information content (AvgIpc) is 2.60. The second kappa shape index (κ2) is 4.73. The molecule has 0 saturated heterocycles. The summed E-state index contributed by atoms with van der Waals surface area (Å²) in [6.07, 6.45) is -1.02. The molecule has 4 heteroatoms. The highest BCUT2D eigenvalue weighted by atomic mass is 19.4. The summed E-state index contributed by atoms with van der Waals surface area (Å²) < 4.78 is 38.2. The van der Waals surface area contributed by atoms with Gasteiger partial charge in [0, 0.05) is 11.7 Å². The van der Waals surface area contributed by atoms with E-state index in [4.69, 9.17) is 0 Å². The first kappa shape index (κ1) is 14.2. The molecular weight excluding hydrogens is 251 g/mol. The van der Waals surface area contributed by atoms with E-state index in [0.29, 0.717) is 5.69 Å². The third-order valence-corrected chi connectivity index (χ3v) is 4.15. The Kier molecular flexibility index (Phi) is 3.54. The highest BCUT2D eigenvalue weighted by Crippen LogP contribution is 2.40. The SMILES string of the molecule is Cc1ccc(C(F)(F)F)cc1NC1CCCC1(C)C. The first-order valence-corrected chi connectivity index (χ1v) is 6.64. The van der Waals surface area contributed by atoms with Crippen molar-refractivity contribution in [1.82, 2.24) is 0 Å². The van der Waals surface area contributed by atoms with Crippen LogP contribution < -0.4 is 5.32 Å². The molecule has 1 N–H and O–H groups in total. The zero-order valence-electron chi connectivity index (χ0n) is 11.6. The Labute approximate surface area is 112 Å². The second-order valence-corrected chi connectivity index (χ2v) is 6.11. The second-order valence-electron chi connectivity index (χ2n) is 6.11. The zero-order chi connectivity index (χ0) is 14.3. The molecule has 1 atom stereocenters. The molecule has 0 bridgehead atoms. The monoisotopic (exact) mass is 271 g/mol. The van der Waals surface area contributed by atoms with Gasteiger partial charge in [-0.2, -0.15) is 13.2 Å². The van der Waals surface area contributed by atoms with Crippen LogP contribution in [0.25, 0.3) is 0 Å². The minimum Gasteiger partial charge on any atom is -0.382 e. The number of alkyl halides is 3. The van der Waals surface area contributed by atoms with Crippen molar-refractivity contribution in [3.8, 4) is 0 Å². The molecule has 1 unspecified atom stereocenters. The summed E-state index contributed by atoms with van der Waals surface area (Å²) in [6.45, 7) is 6.17. The van der Waals surface area contributed by atoms with Crippen LogP contribution in [0.4, 0.5) is 18.9 Å². The van der Waals surface area contributed by atoms with Crippen LogP contribution in [0.1, 0.15) is 44.2 Å². The Bertz CT molecular complexity index is 463. The van der Waals surface area contributed by atoms with Crippen LogP contribution in [0.2, 0.25) is 0 Å². The molecule has 106 valence electrons. The van der Waals surface area contributed by atoms with Gasteiger partial charge in [0.2, 0.25) is 0 Å². The summed E-state index contributed by atoms with van der Waals surface area (Å²) >= 11 is 0. The van der Waals surface area contributed by atoms with Crippen LogP contribution >= 0.6 is 0 Å². The number of hydrogen-bond donors (Lipinski definition) is 1. The summed E-state index contributed by atoms with van der Waals surface area (Å²) in [5.41, 5.74) is 1.02. The standard InChI is InChI=1S/C15H20F3N/c1-10-6-7-11(15(16,17)18)9-12(10)19-13-5-4-8-14(13,2)3/h6-7,9,13,19H,4-5,8H2,1-3H3. The van der Waals surface area contributed by atoms with Gasteiger partial charge in [0.1, 0.15) is 0 Å². The first-order chi connectivity index (χ1) is 8.70. The van der Waals surface area contributed by atoms with Crippen molar-refractivity contribution in [2.24, 2.45) is 5.41 Å². The van der Waals surface area contributed by atoms with Gasteiger partial charge in [0.15, 0.2) is 0 Å². The number of rotatable bonds is 2. The van der Waals surface area contributed by atoms with Crippen molar-refractivity contribution in [3.63, 3.8) is 0 Å². The third kappa shape index (κ3) is 3.04. The van der Waals surface area contributed by atoms with Gasteiger partial charge in [-0.05, 0) is 42.9 Å². The van der Waals surface area contributed by atoms with E-state index in [1.807, 2.05) is 6.92 Å². The van der Waals surface area contributed by atoms with Crippen LogP contribution in [-0.4, -0.2) is 6.04 Å². The Balaban J connectivity index is 2.25. The summed E-state index contributed by atoms with van der Waals surface area (Å²) in [5, 5.41) is 3.31. The first-order valence-electron chi connectivity index (χ1n) is 6.64. The van der Waals surface area contributed by atoms with Crippen molar-refractivity contribution in [3.05, 3.63) is 29.3 Å². The number of nitrogens with one attached hydrogen (secondary N) is 1. The molecule has 1 saturated carbocycles. The van der Waals surface area contributed by atoms with Gasteiger partial charge in [0.05, 0.1) is 5.56 Å². The number of hydrogen-bond acceptors (Lipinski definition) is 1. The van der Waals surface area contributed by atoms with Crippen LogP contribution in [0.3, 0.4) is 0 Å². The van der Waals surface area contributed by atoms with Gasteiger partial charge in [-0.3, -0.25) is 0 Å². The van der Waals surface area contributed by atoms with E-state index >= 15 is 0 Å². The van der Waals surface area contributed by atoms with Crippen molar-refractivity contribution in [2.75, 3.05) is 5.32 Å².